The van der Waals surface area contributed by atoms with Gasteiger partial charge in [0, 0.05) is 24.3 Å². The number of rotatable bonds is 6. The molecule has 0 aliphatic carbocycles. The molecule has 0 aromatic heterocycles. The number of ether oxygens (including phenoxy) is 2. The maximum atomic E-state index is 12.0. The predicted octanol–water partition coefficient (Wildman–Crippen LogP) is 2.37. The van der Waals surface area contributed by atoms with E-state index >= 15 is 0 Å². The van der Waals surface area contributed by atoms with Crippen LogP contribution in [0.15, 0.2) is 18.2 Å². The lowest BCUT2D eigenvalue weighted by Gasteiger charge is -2.13. The average molecular weight is 251 g/mol. The van der Waals surface area contributed by atoms with E-state index in [-0.39, 0.29) is 11.9 Å². The number of carbonyl (C=O) groups is 1. The fourth-order valence-electron chi connectivity index (χ4n) is 1.60. The van der Waals surface area contributed by atoms with Crippen LogP contribution in [0.5, 0.6) is 5.75 Å². The Bertz CT molecular complexity index is 404. The van der Waals surface area contributed by atoms with Gasteiger partial charge in [0.25, 0.3) is 5.91 Å². The summed E-state index contributed by atoms with van der Waals surface area (Å²) >= 11 is 0. The van der Waals surface area contributed by atoms with Gasteiger partial charge in [-0.2, -0.15) is 0 Å². The Labute approximate surface area is 108 Å². The minimum absolute atomic E-state index is 0.0654. The third kappa shape index (κ3) is 3.74. The molecule has 0 aliphatic heterocycles. The van der Waals surface area contributed by atoms with Crippen LogP contribution in [0.1, 0.15) is 36.2 Å². The Hall–Kier alpha value is -1.55. The molecular formula is C14H21NO3. The second-order valence-electron chi connectivity index (χ2n) is 4.24. The molecule has 0 unspecified atom stereocenters. The van der Waals surface area contributed by atoms with E-state index < -0.39 is 0 Å². The molecule has 0 fully saturated rings. The molecule has 1 rings (SSSR count). The van der Waals surface area contributed by atoms with Gasteiger partial charge in [0.15, 0.2) is 0 Å². The first-order chi connectivity index (χ1) is 8.62. The summed E-state index contributed by atoms with van der Waals surface area (Å²) in [5.74, 6) is 0.668. The van der Waals surface area contributed by atoms with Crippen LogP contribution in [0.4, 0.5) is 0 Å². The molecule has 1 amide bonds. The van der Waals surface area contributed by atoms with Gasteiger partial charge in [-0.25, -0.2) is 0 Å². The number of methoxy groups -OCH3 is 2. The van der Waals surface area contributed by atoms with Crippen molar-refractivity contribution in [2.24, 2.45) is 0 Å². The summed E-state index contributed by atoms with van der Waals surface area (Å²) < 4.78 is 10.3. The van der Waals surface area contributed by atoms with Crippen molar-refractivity contribution >= 4 is 5.91 Å². The van der Waals surface area contributed by atoms with Crippen LogP contribution < -0.4 is 10.1 Å². The molecular weight excluding hydrogens is 230 g/mol. The number of nitrogens with one attached hydrogen (secondary N) is 1. The van der Waals surface area contributed by atoms with Crippen LogP contribution in [0.3, 0.4) is 0 Å². The minimum atomic E-state index is -0.0654. The third-order valence-corrected chi connectivity index (χ3v) is 2.83. The van der Waals surface area contributed by atoms with Gasteiger partial charge in [0.05, 0.1) is 13.7 Å². The van der Waals surface area contributed by atoms with Crippen LogP contribution in [0, 0.1) is 0 Å². The summed E-state index contributed by atoms with van der Waals surface area (Å²) in [6.07, 6.45) is 0.910. The van der Waals surface area contributed by atoms with Crippen LogP contribution >= 0.6 is 0 Å². The molecule has 0 bridgehead atoms. The van der Waals surface area contributed by atoms with Crippen LogP contribution in [0.2, 0.25) is 0 Å². The van der Waals surface area contributed by atoms with Crippen molar-refractivity contribution in [3.05, 3.63) is 29.3 Å². The van der Waals surface area contributed by atoms with Gasteiger partial charge in [-0.1, -0.05) is 6.92 Å². The minimum Gasteiger partial charge on any atom is -0.496 e. The molecule has 1 atom stereocenters. The Morgan fingerprint density at radius 2 is 2.11 bits per heavy atom. The lowest BCUT2D eigenvalue weighted by Crippen LogP contribution is -2.31. The molecule has 1 aromatic rings. The van der Waals surface area contributed by atoms with Gasteiger partial charge >= 0.3 is 0 Å². The van der Waals surface area contributed by atoms with Crippen molar-refractivity contribution in [2.75, 3.05) is 14.2 Å². The molecule has 100 valence electrons. The molecule has 1 N–H and O–H groups in total. The molecule has 18 heavy (non-hydrogen) atoms. The first kappa shape index (κ1) is 14.5. The zero-order chi connectivity index (χ0) is 13.5. The molecule has 4 heteroatoms. The van der Waals surface area contributed by atoms with Crippen molar-refractivity contribution < 1.29 is 14.3 Å². The Morgan fingerprint density at radius 1 is 1.39 bits per heavy atom. The lowest BCUT2D eigenvalue weighted by atomic mass is 10.1. The SMILES string of the molecule is CC[C@@H](C)NC(=O)c1ccc(OC)c(COC)c1. The normalized spacial score (nSPS) is 12.0. The van der Waals surface area contributed by atoms with Gasteiger partial charge in [0.1, 0.15) is 5.75 Å². The van der Waals surface area contributed by atoms with Gasteiger partial charge < -0.3 is 14.8 Å². The standard InChI is InChI=1S/C14H21NO3/c1-5-10(2)15-14(16)11-6-7-13(18-4)12(8-11)9-17-3/h6-8,10H,5,9H2,1-4H3,(H,15,16)/t10-/m1/s1. The van der Waals surface area contributed by atoms with E-state index in [0.29, 0.717) is 12.2 Å². The van der Waals surface area contributed by atoms with E-state index in [9.17, 15) is 4.79 Å². The third-order valence-electron chi connectivity index (χ3n) is 2.83. The summed E-state index contributed by atoms with van der Waals surface area (Å²) in [6, 6.07) is 5.53. The molecule has 0 heterocycles. The fourth-order valence-corrected chi connectivity index (χ4v) is 1.60. The molecule has 0 aliphatic rings. The topological polar surface area (TPSA) is 47.6 Å². The van der Waals surface area contributed by atoms with Crippen LogP contribution in [-0.2, 0) is 11.3 Å². The lowest BCUT2D eigenvalue weighted by molar-refractivity contribution is 0.0939. The smallest absolute Gasteiger partial charge is 0.251 e. The van der Waals surface area contributed by atoms with Crippen molar-refractivity contribution in [1.82, 2.24) is 5.32 Å². The van der Waals surface area contributed by atoms with Crippen molar-refractivity contribution in [3.8, 4) is 5.75 Å². The molecule has 1 aromatic carbocycles. The zero-order valence-corrected chi connectivity index (χ0v) is 11.4. The highest BCUT2D eigenvalue weighted by atomic mass is 16.5. The molecule has 0 saturated carbocycles. The van der Waals surface area contributed by atoms with Crippen molar-refractivity contribution in [2.45, 2.75) is 32.9 Å². The van der Waals surface area contributed by atoms with Crippen LogP contribution in [0.25, 0.3) is 0 Å². The van der Waals surface area contributed by atoms with Crippen molar-refractivity contribution in [3.63, 3.8) is 0 Å². The maximum Gasteiger partial charge on any atom is 0.251 e. The summed E-state index contributed by atoms with van der Waals surface area (Å²) in [5.41, 5.74) is 1.50. The van der Waals surface area contributed by atoms with E-state index in [1.165, 1.54) is 0 Å². The van der Waals surface area contributed by atoms with Crippen molar-refractivity contribution in [1.29, 1.82) is 0 Å². The number of amides is 1. The van der Waals surface area contributed by atoms with Gasteiger partial charge in [-0.15, -0.1) is 0 Å². The summed E-state index contributed by atoms with van der Waals surface area (Å²) in [6.45, 7) is 4.44. The molecule has 0 spiro atoms. The first-order valence-electron chi connectivity index (χ1n) is 6.09. The van der Waals surface area contributed by atoms with Crippen LogP contribution in [-0.4, -0.2) is 26.2 Å². The zero-order valence-electron chi connectivity index (χ0n) is 11.4. The predicted molar refractivity (Wildman–Crippen MR) is 70.9 cm³/mol. The number of carbonyl (C=O) groups excluding carboxylic acids is 1. The second kappa shape index (κ2) is 7.01. The number of benzene rings is 1. The van der Waals surface area contributed by atoms with Gasteiger partial charge in [0.2, 0.25) is 0 Å². The van der Waals surface area contributed by atoms with E-state index in [1.54, 1.807) is 32.4 Å². The number of hydrogen-bond acceptors (Lipinski definition) is 3. The summed E-state index contributed by atoms with van der Waals surface area (Å²) in [5, 5.41) is 2.93. The highest BCUT2D eigenvalue weighted by molar-refractivity contribution is 5.94. The highest BCUT2D eigenvalue weighted by Gasteiger charge is 2.11. The Balaban J connectivity index is 2.89. The summed E-state index contributed by atoms with van der Waals surface area (Å²) in [4.78, 5) is 12.0. The molecule has 0 saturated heterocycles. The van der Waals surface area contributed by atoms with E-state index in [0.717, 1.165) is 17.7 Å². The van der Waals surface area contributed by atoms with E-state index in [1.807, 2.05) is 13.8 Å². The molecule has 0 radical (unpaired) electrons. The monoisotopic (exact) mass is 251 g/mol. The fraction of sp³-hybridized carbons (Fsp3) is 0.500. The quantitative estimate of drug-likeness (QED) is 0.844. The molecule has 4 nitrogen and oxygen atoms in total. The average Bonchev–Trinajstić information content (AvgIpc) is 2.38. The Kier molecular flexibility index (Phi) is 5.65. The largest absolute Gasteiger partial charge is 0.496 e. The summed E-state index contributed by atoms with van der Waals surface area (Å²) in [7, 11) is 3.22. The first-order valence-corrected chi connectivity index (χ1v) is 6.09. The number of hydrogen-bond donors (Lipinski definition) is 1. The van der Waals surface area contributed by atoms with E-state index in [4.69, 9.17) is 9.47 Å². The second-order valence-corrected chi connectivity index (χ2v) is 4.24. The Morgan fingerprint density at radius 3 is 2.67 bits per heavy atom. The highest BCUT2D eigenvalue weighted by Crippen LogP contribution is 2.20. The van der Waals surface area contributed by atoms with Gasteiger partial charge in [-0.3, -0.25) is 4.79 Å². The maximum absolute atomic E-state index is 12.0. The van der Waals surface area contributed by atoms with Gasteiger partial charge in [-0.05, 0) is 31.5 Å². The van der Waals surface area contributed by atoms with E-state index in [2.05, 4.69) is 5.32 Å².